The molecule has 3 heterocycles. The molecular formula is C19H14F2N4O. The largest absolute Gasteiger partial charge is 0.334 e. The van der Waals surface area contributed by atoms with Crippen LogP contribution in [0.4, 0.5) is 8.78 Å². The Morgan fingerprint density at radius 2 is 1.88 bits per heavy atom. The molecule has 3 aromatic rings. The third-order valence-electron chi connectivity index (χ3n) is 4.22. The van der Waals surface area contributed by atoms with E-state index in [2.05, 4.69) is 15.0 Å². The fraction of sp³-hybridized carbons (Fsp3) is 0.158. The maximum Gasteiger partial charge on any atom is 0.254 e. The predicted molar refractivity (Wildman–Crippen MR) is 90.1 cm³/mol. The molecule has 2 aromatic heterocycles. The minimum absolute atomic E-state index is 0.00280. The van der Waals surface area contributed by atoms with Gasteiger partial charge in [0.05, 0.1) is 5.69 Å². The van der Waals surface area contributed by atoms with E-state index in [1.54, 1.807) is 17.3 Å². The molecule has 0 bridgehead atoms. The fourth-order valence-corrected chi connectivity index (χ4v) is 2.97. The number of aromatic nitrogens is 3. The number of carbonyl (C=O) groups is 1. The van der Waals surface area contributed by atoms with E-state index >= 15 is 0 Å². The van der Waals surface area contributed by atoms with E-state index in [1.165, 1.54) is 0 Å². The molecule has 4 rings (SSSR count). The zero-order valence-corrected chi connectivity index (χ0v) is 13.7. The van der Waals surface area contributed by atoms with Crippen LogP contribution in [0.2, 0.25) is 0 Å². The normalized spacial score (nSPS) is 13.4. The van der Waals surface area contributed by atoms with Gasteiger partial charge in [-0.05, 0) is 24.3 Å². The van der Waals surface area contributed by atoms with Gasteiger partial charge in [-0.1, -0.05) is 6.07 Å². The first-order valence-electron chi connectivity index (χ1n) is 8.12. The van der Waals surface area contributed by atoms with Crippen molar-refractivity contribution in [1.29, 1.82) is 0 Å². The second kappa shape index (κ2) is 6.59. The van der Waals surface area contributed by atoms with E-state index in [0.717, 1.165) is 29.5 Å². The van der Waals surface area contributed by atoms with Crippen LogP contribution in [0.5, 0.6) is 0 Å². The number of halogens is 2. The molecule has 1 aliphatic rings. The van der Waals surface area contributed by atoms with Crippen molar-refractivity contribution in [3.05, 3.63) is 77.2 Å². The Bertz CT molecular complexity index is 958. The zero-order valence-electron chi connectivity index (χ0n) is 13.7. The highest BCUT2D eigenvalue weighted by Crippen LogP contribution is 2.21. The van der Waals surface area contributed by atoms with Gasteiger partial charge in [0.15, 0.2) is 5.82 Å². The van der Waals surface area contributed by atoms with Gasteiger partial charge in [0.25, 0.3) is 5.91 Å². The van der Waals surface area contributed by atoms with Crippen LogP contribution in [-0.2, 0) is 13.0 Å². The lowest BCUT2D eigenvalue weighted by molar-refractivity contribution is 0.0732. The quantitative estimate of drug-likeness (QED) is 0.711. The van der Waals surface area contributed by atoms with Crippen molar-refractivity contribution in [1.82, 2.24) is 19.9 Å². The minimum Gasteiger partial charge on any atom is -0.334 e. The monoisotopic (exact) mass is 352 g/mol. The van der Waals surface area contributed by atoms with E-state index in [1.807, 2.05) is 18.2 Å². The maximum absolute atomic E-state index is 13.4. The molecule has 0 spiro atoms. The molecule has 0 aliphatic carbocycles. The molecule has 0 atom stereocenters. The van der Waals surface area contributed by atoms with Crippen LogP contribution >= 0.6 is 0 Å². The van der Waals surface area contributed by atoms with Gasteiger partial charge in [0.2, 0.25) is 0 Å². The summed E-state index contributed by atoms with van der Waals surface area (Å²) >= 11 is 0. The average Bonchev–Trinajstić information content (AvgIpc) is 2.66. The lowest BCUT2D eigenvalue weighted by Gasteiger charge is -2.28. The topological polar surface area (TPSA) is 59.0 Å². The summed E-state index contributed by atoms with van der Waals surface area (Å²) in [4.78, 5) is 27.2. The van der Waals surface area contributed by atoms with Crippen LogP contribution < -0.4 is 0 Å². The van der Waals surface area contributed by atoms with Gasteiger partial charge in [0.1, 0.15) is 17.3 Å². The summed E-state index contributed by atoms with van der Waals surface area (Å²) in [5.74, 6) is -1.41. The van der Waals surface area contributed by atoms with Gasteiger partial charge < -0.3 is 4.90 Å². The molecule has 0 saturated carbocycles. The molecule has 1 aromatic carbocycles. The minimum atomic E-state index is -0.769. The Hall–Kier alpha value is -3.22. The molecule has 0 radical (unpaired) electrons. The van der Waals surface area contributed by atoms with Crippen molar-refractivity contribution in [3.63, 3.8) is 0 Å². The van der Waals surface area contributed by atoms with Crippen LogP contribution in [-0.4, -0.2) is 32.3 Å². The Morgan fingerprint density at radius 1 is 1.08 bits per heavy atom. The lowest BCUT2D eigenvalue weighted by atomic mass is 10.1. The number of benzene rings is 1. The molecule has 5 nitrogen and oxygen atoms in total. The van der Waals surface area contributed by atoms with Crippen LogP contribution in [0, 0.1) is 11.6 Å². The van der Waals surface area contributed by atoms with Gasteiger partial charge in [-0.3, -0.25) is 9.78 Å². The van der Waals surface area contributed by atoms with Crippen molar-refractivity contribution in [2.45, 2.75) is 13.0 Å². The van der Waals surface area contributed by atoms with E-state index in [0.29, 0.717) is 31.0 Å². The number of amides is 1. The van der Waals surface area contributed by atoms with Crippen LogP contribution in [0.1, 0.15) is 21.6 Å². The number of carbonyl (C=O) groups excluding carboxylic acids is 1. The molecule has 1 aliphatic heterocycles. The SMILES string of the molecule is O=C(c1cc(F)cc(F)c1)N1CCc2nc(-c3ccccn3)ncc2C1. The van der Waals surface area contributed by atoms with Crippen LogP contribution in [0.15, 0.2) is 48.8 Å². The molecule has 0 unspecified atom stereocenters. The van der Waals surface area contributed by atoms with Crippen LogP contribution in [0.25, 0.3) is 11.5 Å². The molecular weight excluding hydrogens is 338 g/mol. The second-order valence-corrected chi connectivity index (χ2v) is 6.02. The summed E-state index contributed by atoms with van der Waals surface area (Å²) in [5.41, 5.74) is 2.36. The molecule has 0 saturated heterocycles. The first kappa shape index (κ1) is 16.3. The molecule has 130 valence electrons. The van der Waals surface area contributed by atoms with Crippen molar-refractivity contribution in [3.8, 4) is 11.5 Å². The molecule has 1 amide bonds. The van der Waals surface area contributed by atoms with Crippen molar-refractivity contribution < 1.29 is 13.6 Å². The third kappa shape index (κ3) is 3.15. The van der Waals surface area contributed by atoms with Gasteiger partial charge >= 0.3 is 0 Å². The highest BCUT2D eigenvalue weighted by Gasteiger charge is 2.24. The first-order chi connectivity index (χ1) is 12.6. The van der Waals surface area contributed by atoms with Gasteiger partial charge in [-0.2, -0.15) is 0 Å². The number of hydrogen-bond donors (Lipinski definition) is 0. The third-order valence-corrected chi connectivity index (χ3v) is 4.22. The van der Waals surface area contributed by atoms with Gasteiger partial charge in [-0.25, -0.2) is 18.7 Å². The summed E-state index contributed by atoms with van der Waals surface area (Å²) < 4.78 is 26.7. The summed E-state index contributed by atoms with van der Waals surface area (Å²) in [7, 11) is 0. The second-order valence-electron chi connectivity index (χ2n) is 6.02. The van der Waals surface area contributed by atoms with Gasteiger partial charge in [-0.15, -0.1) is 0 Å². The predicted octanol–water partition coefficient (Wildman–Crippen LogP) is 3.02. The molecule has 26 heavy (non-hydrogen) atoms. The smallest absolute Gasteiger partial charge is 0.254 e. The fourth-order valence-electron chi connectivity index (χ4n) is 2.97. The Balaban J connectivity index is 1.57. The Morgan fingerprint density at radius 3 is 2.62 bits per heavy atom. The summed E-state index contributed by atoms with van der Waals surface area (Å²) in [6, 6.07) is 8.35. The molecule has 0 fully saturated rings. The summed E-state index contributed by atoms with van der Waals surface area (Å²) in [5, 5.41) is 0. The Kier molecular flexibility index (Phi) is 4.12. The van der Waals surface area contributed by atoms with Crippen molar-refractivity contribution in [2.24, 2.45) is 0 Å². The molecule has 0 N–H and O–H groups in total. The Labute approximate surface area is 148 Å². The number of hydrogen-bond acceptors (Lipinski definition) is 4. The zero-order chi connectivity index (χ0) is 18.1. The highest BCUT2D eigenvalue weighted by molar-refractivity contribution is 5.94. The van der Waals surface area contributed by atoms with E-state index in [4.69, 9.17) is 0 Å². The van der Waals surface area contributed by atoms with Crippen molar-refractivity contribution >= 4 is 5.91 Å². The van der Waals surface area contributed by atoms with Crippen molar-refractivity contribution in [2.75, 3.05) is 6.54 Å². The van der Waals surface area contributed by atoms with E-state index in [-0.39, 0.29) is 5.56 Å². The lowest BCUT2D eigenvalue weighted by Crippen LogP contribution is -2.36. The number of rotatable bonds is 2. The highest BCUT2D eigenvalue weighted by atomic mass is 19.1. The number of fused-ring (bicyclic) bond motifs is 1. The van der Waals surface area contributed by atoms with Gasteiger partial charge in [0, 0.05) is 49.1 Å². The van der Waals surface area contributed by atoms with E-state index < -0.39 is 17.5 Å². The average molecular weight is 352 g/mol. The maximum atomic E-state index is 13.4. The standard InChI is InChI=1S/C19H14F2N4O/c20-14-7-12(8-15(21)9-14)19(26)25-6-4-16-13(11-25)10-23-18(24-16)17-3-1-2-5-22-17/h1-3,5,7-10H,4,6,11H2. The first-order valence-corrected chi connectivity index (χ1v) is 8.12. The number of nitrogens with zero attached hydrogens (tertiary/aromatic N) is 4. The summed E-state index contributed by atoms with van der Waals surface area (Å²) in [6.45, 7) is 0.720. The van der Waals surface area contributed by atoms with Crippen LogP contribution in [0.3, 0.4) is 0 Å². The molecule has 7 heteroatoms. The van der Waals surface area contributed by atoms with E-state index in [9.17, 15) is 13.6 Å². The summed E-state index contributed by atoms with van der Waals surface area (Å²) in [6.07, 6.45) is 3.90. The number of pyridine rings is 1.